The van der Waals surface area contributed by atoms with Crippen LogP contribution in [0.1, 0.15) is 70.3 Å². The molecule has 0 saturated heterocycles. The largest absolute Gasteiger partial charge is 0.334 e. The Kier molecular flexibility index (Phi) is 6.84. The molecule has 2 heterocycles. The topological polar surface area (TPSA) is 66.1 Å². The van der Waals surface area contributed by atoms with Gasteiger partial charge in [-0.15, -0.1) is 0 Å². The smallest absolute Gasteiger partial charge is 0.256 e. The van der Waals surface area contributed by atoms with E-state index >= 15 is 0 Å². The van der Waals surface area contributed by atoms with Gasteiger partial charge in [-0.05, 0) is 43.0 Å². The van der Waals surface area contributed by atoms with Gasteiger partial charge in [-0.3, -0.25) is 9.59 Å². The third kappa shape index (κ3) is 5.16. The van der Waals surface area contributed by atoms with Crippen LogP contribution >= 0.6 is 0 Å². The second-order valence-corrected chi connectivity index (χ2v) is 8.73. The van der Waals surface area contributed by atoms with Gasteiger partial charge in [0.1, 0.15) is 5.82 Å². The highest BCUT2D eigenvalue weighted by Gasteiger charge is 2.25. The summed E-state index contributed by atoms with van der Waals surface area (Å²) in [6.07, 6.45) is 5.84. The number of amides is 1. The Hall–Kier alpha value is -3.21. The van der Waals surface area contributed by atoms with E-state index < -0.39 is 0 Å². The molecule has 5 nitrogen and oxygen atoms in total. The standard InChI is InChI=1S/C27H31N3O2/c1-3-4-5-8-20-10-12-22(13-11-20)27(32)30-15-14-24-23(18-30)26(31)29-25(28-24)17-21-9-6-7-19(2)16-21/h6-7,9-13,16H,3-5,8,14-15,17-18H2,1-2H3,(H,28,29,31). The van der Waals surface area contributed by atoms with E-state index in [1.807, 2.05) is 36.4 Å². The molecular weight excluding hydrogens is 398 g/mol. The number of aromatic amines is 1. The zero-order valence-corrected chi connectivity index (χ0v) is 19.0. The minimum Gasteiger partial charge on any atom is -0.334 e. The lowest BCUT2D eigenvalue weighted by Crippen LogP contribution is -2.39. The van der Waals surface area contributed by atoms with E-state index in [-0.39, 0.29) is 11.5 Å². The fraction of sp³-hybridized carbons (Fsp3) is 0.370. The lowest BCUT2D eigenvalue weighted by atomic mass is 10.0. The van der Waals surface area contributed by atoms with Gasteiger partial charge in [-0.25, -0.2) is 4.98 Å². The number of hydrogen-bond donors (Lipinski definition) is 1. The quantitative estimate of drug-likeness (QED) is 0.558. The van der Waals surface area contributed by atoms with Gasteiger partial charge in [0, 0.05) is 24.9 Å². The summed E-state index contributed by atoms with van der Waals surface area (Å²) in [5.74, 6) is 0.650. The monoisotopic (exact) mass is 429 g/mol. The number of hydrogen-bond acceptors (Lipinski definition) is 3. The summed E-state index contributed by atoms with van der Waals surface area (Å²) in [4.78, 5) is 35.2. The molecule has 0 radical (unpaired) electrons. The van der Waals surface area contributed by atoms with Gasteiger partial charge in [-0.2, -0.15) is 0 Å². The average molecular weight is 430 g/mol. The summed E-state index contributed by atoms with van der Waals surface area (Å²) in [7, 11) is 0. The van der Waals surface area contributed by atoms with E-state index in [0.29, 0.717) is 42.9 Å². The molecule has 4 rings (SSSR count). The van der Waals surface area contributed by atoms with Crippen LogP contribution in [0.4, 0.5) is 0 Å². The second-order valence-electron chi connectivity index (χ2n) is 8.73. The number of fused-ring (bicyclic) bond motifs is 1. The first-order valence-electron chi connectivity index (χ1n) is 11.6. The lowest BCUT2D eigenvalue weighted by molar-refractivity contribution is 0.0732. The third-order valence-electron chi connectivity index (χ3n) is 6.13. The van der Waals surface area contributed by atoms with Crippen molar-refractivity contribution < 1.29 is 4.79 Å². The van der Waals surface area contributed by atoms with Crippen molar-refractivity contribution in [2.24, 2.45) is 0 Å². The summed E-state index contributed by atoms with van der Waals surface area (Å²) in [5, 5.41) is 0. The molecule has 5 heteroatoms. The number of carbonyl (C=O) groups excluding carboxylic acids is 1. The van der Waals surface area contributed by atoms with Crippen molar-refractivity contribution in [3.8, 4) is 0 Å². The molecule has 3 aromatic rings. The number of nitrogens with one attached hydrogen (secondary N) is 1. The molecule has 0 bridgehead atoms. The van der Waals surface area contributed by atoms with E-state index in [2.05, 4.69) is 31.0 Å². The molecule has 166 valence electrons. The van der Waals surface area contributed by atoms with Crippen molar-refractivity contribution in [2.45, 2.75) is 58.9 Å². The SMILES string of the molecule is CCCCCc1ccc(C(=O)N2CCc3nc(Cc4cccc(C)c4)[nH]c(=O)c3C2)cc1. The summed E-state index contributed by atoms with van der Waals surface area (Å²) in [6.45, 7) is 5.13. The normalized spacial score (nSPS) is 13.1. The number of carbonyl (C=O) groups is 1. The maximum absolute atomic E-state index is 13.0. The summed E-state index contributed by atoms with van der Waals surface area (Å²) >= 11 is 0. The van der Waals surface area contributed by atoms with Gasteiger partial charge < -0.3 is 9.88 Å². The predicted octanol–water partition coefficient (Wildman–Crippen LogP) is 4.60. The van der Waals surface area contributed by atoms with Crippen LogP contribution in [0.3, 0.4) is 0 Å². The van der Waals surface area contributed by atoms with E-state index in [4.69, 9.17) is 4.98 Å². The first-order valence-corrected chi connectivity index (χ1v) is 11.6. The maximum Gasteiger partial charge on any atom is 0.256 e. The Bertz CT molecular complexity index is 1150. The Balaban J connectivity index is 1.45. The average Bonchev–Trinajstić information content (AvgIpc) is 2.79. The predicted molar refractivity (Wildman–Crippen MR) is 127 cm³/mol. The lowest BCUT2D eigenvalue weighted by Gasteiger charge is -2.28. The second kappa shape index (κ2) is 9.94. The van der Waals surface area contributed by atoms with E-state index in [0.717, 1.165) is 17.7 Å². The van der Waals surface area contributed by atoms with E-state index in [1.165, 1.54) is 30.4 Å². The first-order chi connectivity index (χ1) is 15.5. The van der Waals surface area contributed by atoms with Crippen LogP contribution in [0.25, 0.3) is 0 Å². The number of aromatic nitrogens is 2. The van der Waals surface area contributed by atoms with Gasteiger partial charge in [0.15, 0.2) is 0 Å². The summed E-state index contributed by atoms with van der Waals surface area (Å²) in [6, 6.07) is 16.1. The molecular formula is C27H31N3O2. The first kappa shape index (κ1) is 22.0. The summed E-state index contributed by atoms with van der Waals surface area (Å²) < 4.78 is 0. The van der Waals surface area contributed by atoms with Crippen LogP contribution < -0.4 is 5.56 Å². The van der Waals surface area contributed by atoms with Gasteiger partial charge in [-0.1, -0.05) is 61.7 Å². The Morgan fingerprint density at radius 2 is 1.91 bits per heavy atom. The molecule has 0 fully saturated rings. The Morgan fingerprint density at radius 3 is 2.66 bits per heavy atom. The molecule has 32 heavy (non-hydrogen) atoms. The Labute approximate surface area is 189 Å². The molecule has 2 aromatic carbocycles. The summed E-state index contributed by atoms with van der Waals surface area (Å²) in [5.41, 5.74) is 5.53. The number of nitrogens with zero attached hydrogens (tertiary/aromatic N) is 2. The molecule has 0 spiro atoms. The van der Waals surface area contributed by atoms with Gasteiger partial charge in [0.25, 0.3) is 11.5 Å². The van der Waals surface area contributed by atoms with Crippen molar-refractivity contribution in [1.82, 2.24) is 14.9 Å². The molecule has 1 aliphatic rings. The molecule has 0 saturated carbocycles. The van der Waals surface area contributed by atoms with Crippen molar-refractivity contribution >= 4 is 5.91 Å². The van der Waals surface area contributed by atoms with Crippen LogP contribution in [0, 0.1) is 6.92 Å². The number of aryl methyl sites for hydroxylation is 2. The number of unbranched alkanes of at least 4 members (excludes halogenated alkanes) is 2. The molecule has 0 atom stereocenters. The highest BCUT2D eigenvalue weighted by Crippen LogP contribution is 2.18. The number of benzene rings is 2. The van der Waals surface area contributed by atoms with Crippen molar-refractivity contribution in [2.75, 3.05) is 6.54 Å². The zero-order chi connectivity index (χ0) is 22.5. The fourth-order valence-corrected chi connectivity index (χ4v) is 4.32. The Morgan fingerprint density at radius 1 is 1.09 bits per heavy atom. The zero-order valence-electron chi connectivity index (χ0n) is 19.0. The van der Waals surface area contributed by atoms with Crippen LogP contribution in [0.5, 0.6) is 0 Å². The third-order valence-corrected chi connectivity index (χ3v) is 6.13. The molecule has 0 unspecified atom stereocenters. The molecule has 1 aliphatic heterocycles. The van der Waals surface area contributed by atoms with Crippen LogP contribution in [-0.2, 0) is 25.8 Å². The van der Waals surface area contributed by atoms with Crippen molar-refractivity contribution in [1.29, 1.82) is 0 Å². The highest BCUT2D eigenvalue weighted by molar-refractivity contribution is 5.94. The van der Waals surface area contributed by atoms with Crippen LogP contribution in [0.15, 0.2) is 53.3 Å². The van der Waals surface area contributed by atoms with Crippen LogP contribution in [0.2, 0.25) is 0 Å². The molecule has 1 aromatic heterocycles. The molecule has 1 amide bonds. The van der Waals surface area contributed by atoms with E-state index in [1.54, 1.807) is 4.90 Å². The number of H-pyrrole nitrogens is 1. The molecule has 1 N–H and O–H groups in total. The molecule has 0 aliphatic carbocycles. The maximum atomic E-state index is 13.0. The van der Waals surface area contributed by atoms with Gasteiger partial charge >= 0.3 is 0 Å². The van der Waals surface area contributed by atoms with Crippen LogP contribution in [-0.4, -0.2) is 27.3 Å². The van der Waals surface area contributed by atoms with E-state index in [9.17, 15) is 9.59 Å². The number of rotatable bonds is 7. The van der Waals surface area contributed by atoms with Gasteiger partial charge in [0.2, 0.25) is 0 Å². The fourth-order valence-electron chi connectivity index (χ4n) is 4.32. The van der Waals surface area contributed by atoms with Gasteiger partial charge in [0.05, 0.1) is 17.8 Å². The van der Waals surface area contributed by atoms with Crippen molar-refractivity contribution in [3.63, 3.8) is 0 Å². The minimum absolute atomic E-state index is 0.0287. The van der Waals surface area contributed by atoms with Crippen molar-refractivity contribution in [3.05, 3.63) is 98.2 Å². The highest BCUT2D eigenvalue weighted by atomic mass is 16.2. The minimum atomic E-state index is -0.138.